The van der Waals surface area contributed by atoms with Crippen LogP contribution in [0, 0.1) is 0 Å². The topological polar surface area (TPSA) is 158 Å². The molecule has 0 unspecified atom stereocenters. The molecule has 0 amide bonds. The number of hydrogen-bond acceptors (Lipinski definition) is 10. The Morgan fingerprint density at radius 2 is 1.62 bits per heavy atom. The van der Waals surface area contributed by atoms with E-state index in [-0.39, 0.29) is 23.4 Å². The van der Waals surface area contributed by atoms with Gasteiger partial charge in [0.05, 0.1) is 26.9 Å². The van der Waals surface area contributed by atoms with Gasteiger partial charge in [-0.25, -0.2) is 0 Å². The van der Waals surface area contributed by atoms with Gasteiger partial charge in [0.25, 0.3) is 0 Å². The van der Waals surface area contributed by atoms with Crippen molar-refractivity contribution in [2.24, 2.45) is 0 Å². The molecule has 4 bridgehead atoms. The van der Waals surface area contributed by atoms with Gasteiger partial charge in [0.1, 0.15) is 30.2 Å². The maximum atomic E-state index is 10.9. The van der Waals surface area contributed by atoms with Gasteiger partial charge in [-0.2, -0.15) is 0 Å². The maximum absolute atomic E-state index is 10.9. The molecule has 1 saturated heterocycles. The van der Waals surface area contributed by atoms with Crippen LogP contribution in [0.1, 0.15) is 36.8 Å². The molecule has 4 rings (SSSR count). The molecule has 0 aromatic heterocycles. The number of fused-ring (bicyclic) bond motifs is 5. The number of benzene rings is 2. The summed E-state index contributed by atoms with van der Waals surface area (Å²) in [5, 5.41) is 61.7. The highest BCUT2D eigenvalue weighted by Gasteiger charge is 2.44. The third kappa shape index (κ3) is 5.64. The Morgan fingerprint density at radius 3 is 2.32 bits per heavy atom. The van der Waals surface area contributed by atoms with Crippen molar-refractivity contribution in [1.29, 1.82) is 0 Å². The SMILES string of the molecule is COc1c2cc(c(O)c1OC)CCCC[C@@H](O[C@H]1O[C@H](CO)[C@@H](O)[C@H](O)[C@H]1O)CCc1ccc(O)c-2c1. The standard InChI is InChI=1S/C27H36O10/c1-34-25-18-12-15(21(30)26(25)35-2)5-3-4-6-16(9-7-14-8-10-19(29)17(18)11-14)36-27-24(33)23(32)22(31)20(13-28)37-27/h8,10-12,16,20,22-24,27-33H,3-7,9,13H2,1-2H3/t16-,20-,22-,23+,24-,27+/m1/s1. The smallest absolute Gasteiger partial charge is 0.203 e. The van der Waals surface area contributed by atoms with Crippen molar-refractivity contribution in [3.05, 3.63) is 35.4 Å². The molecule has 0 spiro atoms. The molecule has 204 valence electrons. The van der Waals surface area contributed by atoms with Crippen molar-refractivity contribution >= 4 is 0 Å². The zero-order valence-corrected chi connectivity index (χ0v) is 21.0. The van der Waals surface area contributed by atoms with Gasteiger partial charge in [-0.15, -0.1) is 0 Å². The van der Waals surface area contributed by atoms with Crippen molar-refractivity contribution < 1.29 is 49.6 Å². The van der Waals surface area contributed by atoms with E-state index < -0.39 is 37.3 Å². The zero-order valence-electron chi connectivity index (χ0n) is 21.0. The molecule has 2 aromatic carbocycles. The molecule has 2 aromatic rings. The Morgan fingerprint density at radius 1 is 0.865 bits per heavy atom. The molecular formula is C27H36O10. The number of aryl methyl sites for hydroxylation is 2. The van der Waals surface area contributed by atoms with Gasteiger partial charge in [-0.05, 0) is 61.4 Å². The molecule has 37 heavy (non-hydrogen) atoms. The molecule has 10 heteroatoms. The fourth-order valence-electron chi connectivity index (χ4n) is 5.09. The van der Waals surface area contributed by atoms with E-state index in [1.54, 1.807) is 6.07 Å². The average molecular weight is 521 g/mol. The van der Waals surface area contributed by atoms with E-state index in [1.165, 1.54) is 14.2 Å². The fraction of sp³-hybridized carbons (Fsp3) is 0.556. The van der Waals surface area contributed by atoms with Crippen LogP contribution in [0.4, 0.5) is 0 Å². The molecule has 0 saturated carbocycles. The third-order valence-corrected chi connectivity index (χ3v) is 7.20. The number of rotatable bonds is 5. The summed E-state index contributed by atoms with van der Waals surface area (Å²) in [5.41, 5.74) is 2.73. The second-order valence-electron chi connectivity index (χ2n) is 9.59. The number of aliphatic hydroxyl groups is 4. The van der Waals surface area contributed by atoms with Crippen molar-refractivity contribution in [1.82, 2.24) is 0 Å². The molecule has 10 nitrogen and oxygen atoms in total. The van der Waals surface area contributed by atoms with Crippen molar-refractivity contribution in [2.75, 3.05) is 20.8 Å². The van der Waals surface area contributed by atoms with Crippen molar-refractivity contribution in [3.8, 4) is 34.1 Å². The second kappa shape index (κ2) is 11.8. The fourth-order valence-corrected chi connectivity index (χ4v) is 5.09. The van der Waals surface area contributed by atoms with Crippen LogP contribution in [0.5, 0.6) is 23.0 Å². The summed E-state index contributed by atoms with van der Waals surface area (Å²) in [6.07, 6.45) is -3.32. The number of phenolic OH excluding ortho intramolecular Hbond substituents is 2. The zero-order chi connectivity index (χ0) is 26.7. The first-order chi connectivity index (χ1) is 17.8. The number of phenols is 2. The highest BCUT2D eigenvalue weighted by atomic mass is 16.7. The third-order valence-electron chi connectivity index (χ3n) is 7.20. The van der Waals surface area contributed by atoms with Gasteiger partial charge in [0.15, 0.2) is 17.8 Å². The molecule has 0 radical (unpaired) electrons. The number of hydrogen-bond donors (Lipinski definition) is 6. The molecule has 1 fully saturated rings. The van der Waals surface area contributed by atoms with Gasteiger partial charge in [0.2, 0.25) is 5.75 Å². The van der Waals surface area contributed by atoms with Crippen molar-refractivity contribution in [3.63, 3.8) is 0 Å². The van der Waals surface area contributed by atoms with Crippen LogP contribution < -0.4 is 9.47 Å². The van der Waals surface area contributed by atoms with E-state index in [1.807, 2.05) is 18.2 Å². The number of aliphatic hydroxyl groups excluding tert-OH is 4. The van der Waals surface area contributed by atoms with Crippen LogP contribution in [0.2, 0.25) is 0 Å². The first-order valence-corrected chi connectivity index (χ1v) is 12.5. The van der Waals surface area contributed by atoms with E-state index >= 15 is 0 Å². The predicted octanol–water partition coefficient (Wildman–Crippen LogP) is 1.63. The monoisotopic (exact) mass is 520 g/mol. The predicted molar refractivity (Wildman–Crippen MR) is 133 cm³/mol. The van der Waals surface area contributed by atoms with Crippen LogP contribution >= 0.6 is 0 Å². The number of ether oxygens (including phenoxy) is 4. The molecule has 6 atom stereocenters. The van der Waals surface area contributed by atoms with E-state index in [2.05, 4.69) is 0 Å². The second-order valence-corrected chi connectivity index (χ2v) is 9.59. The minimum absolute atomic E-state index is 0.0114. The molecule has 1 aliphatic carbocycles. The summed E-state index contributed by atoms with van der Waals surface area (Å²) in [6, 6.07) is 7.09. The lowest BCUT2D eigenvalue weighted by Gasteiger charge is -2.41. The molecular weight excluding hydrogens is 484 g/mol. The summed E-state index contributed by atoms with van der Waals surface area (Å²) >= 11 is 0. The highest BCUT2D eigenvalue weighted by Crippen LogP contribution is 2.48. The lowest BCUT2D eigenvalue weighted by atomic mass is 9.95. The highest BCUT2D eigenvalue weighted by molar-refractivity contribution is 5.81. The lowest BCUT2D eigenvalue weighted by molar-refractivity contribution is -0.312. The maximum Gasteiger partial charge on any atom is 0.203 e. The first kappa shape index (κ1) is 27.4. The Hall–Kier alpha value is -2.60. The van der Waals surface area contributed by atoms with Gasteiger partial charge in [-0.1, -0.05) is 12.5 Å². The van der Waals surface area contributed by atoms with E-state index in [9.17, 15) is 30.6 Å². The van der Waals surface area contributed by atoms with Crippen LogP contribution in [-0.4, -0.2) is 88.3 Å². The Kier molecular flexibility index (Phi) is 8.79. The Labute approximate surface area is 215 Å². The molecule has 1 heterocycles. The molecule has 6 N–H and O–H groups in total. The van der Waals surface area contributed by atoms with E-state index in [4.69, 9.17) is 18.9 Å². The van der Waals surface area contributed by atoms with Gasteiger partial charge in [-0.3, -0.25) is 0 Å². The minimum Gasteiger partial charge on any atom is -0.507 e. The van der Waals surface area contributed by atoms with Crippen molar-refractivity contribution in [2.45, 2.75) is 75.3 Å². The van der Waals surface area contributed by atoms with Crippen LogP contribution in [0.25, 0.3) is 11.1 Å². The number of methoxy groups -OCH3 is 2. The quantitative estimate of drug-likeness (QED) is 0.342. The van der Waals surface area contributed by atoms with Crippen LogP contribution in [0.3, 0.4) is 0 Å². The summed E-state index contributed by atoms with van der Waals surface area (Å²) in [4.78, 5) is 0. The van der Waals surface area contributed by atoms with Gasteiger partial charge >= 0.3 is 0 Å². The van der Waals surface area contributed by atoms with Crippen LogP contribution in [0.15, 0.2) is 24.3 Å². The Balaban J connectivity index is 1.64. The van der Waals surface area contributed by atoms with E-state index in [0.29, 0.717) is 54.5 Å². The van der Waals surface area contributed by atoms with Gasteiger partial charge < -0.3 is 49.6 Å². The summed E-state index contributed by atoms with van der Waals surface area (Å²) < 4.78 is 22.7. The van der Waals surface area contributed by atoms with Gasteiger partial charge in [0, 0.05) is 11.1 Å². The summed E-state index contributed by atoms with van der Waals surface area (Å²) in [7, 11) is 2.94. The summed E-state index contributed by atoms with van der Waals surface area (Å²) in [6.45, 7) is -0.527. The molecule has 1 aliphatic heterocycles. The first-order valence-electron chi connectivity index (χ1n) is 12.5. The van der Waals surface area contributed by atoms with E-state index in [0.717, 1.165) is 12.0 Å². The lowest BCUT2D eigenvalue weighted by Crippen LogP contribution is -2.59. The minimum atomic E-state index is -1.51. The number of aromatic hydroxyl groups is 2. The Bertz CT molecular complexity index is 1070. The summed E-state index contributed by atoms with van der Waals surface area (Å²) in [5.74, 6) is 0.584. The normalized spacial score (nSPS) is 28.5. The largest absolute Gasteiger partial charge is 0.507 e. The molecule has 2 aliphatic rings. The average Bonchev–Trinajstić information content (AvgIpc) is 2.91. The van der Waals surface area contributed by atoms with Crippen LogP contribution in [-0.2, 0) is 22.3 Å².